The molecule has 1 aromatic heterocycles. The Morgan fingerprint density at radius 1 is 1.76 bits per heavy atom. The largest absolute Gasteiger partial charge is 0.461 e. The molecular weight excluding hydrogens is 242 g/mol. The average Bonchev–Trinajstić information content (AvgIpc) is 2.55. The molecule has 0 saturated heterocycles. The highest BCUT2D eigenvalue weighted by molar-refractivity contribution is 7.90. The van der Waals surface area contributed by atoms with Gasteiger partial charge in [0.25, 0.3) is 0 Å². The summed E-state index contributed by atoms with van der Waals surface area (Å²) in [5.41, 5.74) is 0.482. The Hall–Kier alpha value is -1.60. The van der Waals surface area contributed by atoms with Crippen LogP contribution in [0.2, 0.25) is 0 Å². The molecule has 0 aliphatic carbocycles. The first-order valence-corrected chi connectivity index (χ1v) is 6.50. The van der Waals surface area contributed by atoms with E-state index in [9.17, 15) is 9.00 Å². The van der Waals surface area contributed by atoms with Crippen molar-refractivity contribution in [3.05, 3.63) is 24.0 Å². The third-order valence-corrected chi connectivity index (χ3v) is 3.16. The molecule has 7 heteroatoms. The van der Waals surface area contributed by atoms with Crippen molar-refractivity contribution >= 4 is 22.0 Å². The first-order chi connectivity index (χ1) is 7.82. The second-order valence-electron chi connectivity index (χ2n) is 3.39. The molecule has 1 atom stereocenters. The molecule has 0 saturated carbocycles. The first-order valence-electron chi connectivity index (χ1n) is 4.88. The van der Waals surface area contributed by atoms with Crippen molar-refractivity contribution in [2.24, 2.45) is 12.2 Å². The van der Waals surface area contributed by atoms with E-state index in [-0.39, 0.29) is 22.8 Å². The Morgan fingerprint density at radius 2 is 2.35 bits per heavy atom. The van der Waals surface area contributed by atoms with Crippen molar-refractivity contribution < 1.29 is 13.7 Å². The van der Waals surface area contributed by atoms with Crippen LogP contribution in [0.5, 0.6) is 0 Å². The van der Waals surface area contributed by atoms with Crippen LogP contribution in [0.25, 0.3) is 6.08 Å². The van der Waals surface area contributed by atoms with Gasteiger partial charge in [-0.25, -0.2) is 18.9 Å². The summed E-state index contributed by atoms with van der Waals surface area (Å²) >= 11 is 0. The molecule has 0 aliphatic rings. The normalized spacial score (nSPS) is 14.1. The van der Waals surface area contributed by atoms with E-state index in [4.69, 9.17) is 14.7 Å². The van der Waals surface area contributed by atoms with E-state index in [1.807, 2.05) is 0 Å². The Morgan fingerprint density at radius 3 is 2.76 bits per heavy atom. The van der Waals surface area contributed by atoms with Gasteiger partial charge in [0, 0.05) is 18.8 Å². The van der Waals surface area contributed by atoms with Gasteiger partial charge in [-0.05, 0) is 6.92 Å². The van der Waals surface area contributed by atoms with E-state index >= 15 is 0 Å². The predicted octanol–water partition coefficient (Wildman–Crippen LogP) is 1.12. The van der Waals surface area contributed by atoms with Gasteiger partial charge in [0.15, 0.2) is 0 Å². The lowest BCUT2D eigenvalue weighted by atomic mass is 10.2. The number of rotatable bonds is 4. The van der Waals surface area contributed by atoms with Crippen molar-refractivity contribution in [1.29, 1.82) is 4.78 Å². The molecule has 1 unspecified atom stereocenters. The zero-order chi connectivity index (χ0) is 13.2. The number of nitrogens with one attached hydrogen (secondary N) is 1. The summed E-state index contributed by atoms with van der Waals surface area (Å²) < 4.78 is 25.2. The van der Waals surface area contributed by atoms with Crippen molar-refractivity contribution in [3.63, 3.8) is 0 Å². The minimum atomic E-state index is -3.40. The quantitative estimate of drug-likeness (QED) is 0.791. The molecule has 1 aromatic rings. The van der Waals surface area contributed by atoms with Crippen molar-refractivity contribution in [2.75, 3.05) is 6.61 Å². The highest BCUT2D eigenvalue weighted by Gasteiger charge is 2.23. The fraction of sp³-hybridized carbons (Fsp3) is 0.300. The third kappa shape index (κ3) is 2.56. The van der Waals surface area contributed by atoms with E-state index in [1.165, 1.54) is 16.8 Å². The van der Waals surface area contributed by atoms with Gasteiger partial charge in [0.05, 0.1) is 11.5 Å². The molecule has 0 spiro atoms. The number of carbonyl (C=O) groups is 1. The lowest BCUT2D eigenvalue weighted by Crippen LogP contribution is -2.12. The number of hydrogen-bond donors (Lipinski definition) is 2. The fourth-order valence-electron chi connectivity index (χ4n) is 1.51. The summed E-state index contributed by atoms with van der Waals surface area (Å²) in [6.07, 6.45) is 2.74. The lowest BCUT2D eigenvalue weighted by molar-refractivity contribution is 0.0515. The summed E-state index contributed by atoms with van der Waals surface area (Å²) in [7, 11) is -1.80. The number of nitrogens with zero attached hydrogens (tertiary/aromatic N) is 1. The number of ether oxygens (including phenoxy) is 1. The molecular formula is C10H15N3O3S. The van der Waals surface area contributed by atoms with Gasteiger partial charge >= 0.3 is 5.97 Å². The van der Waals surface area contributed by atoms with E-state index < -0.39 is 15.9 Å². The number of aromatic nitrogens is 1. The smallest absolute Gasteiger partial charge is 0.355 e. The van der Waals surface area contributed by atoms with Crippen LogP contribution in [-0.4, -0.2) is 21.4 Å². The Kier molecular flexibility index (Phi) is 3.74. The molecule has 0 aliphatic heterocycles. The van der Waals surface area contributed by atoms with Crippen molar-refractivity contribution in [1.82, 2.24) is 4.57 Å². The van der Waals surface area contributed by atoms with Crippen LogP contribution in [0.1, 0.15) is 23.0 Å². The second kappa shape index (κ2) is 4.72. The van der Waals surface area contributed by atoms with E-state index in [2.05, 4.69) is 6.58 Å². The zero-order valence-corrected chi connectivity index (χ0v) is 10.5. The number of esters is 1. The Bertz CT molecular complexity index is 558. The summed E-state index contributed by atoms with van der Waals surface area (Å²) in [5.74, 6) is -0.556. The molecule has 1 rings (SSSR count). The molecule has 0 radical (unpaired) electrons. The van der Waals surface area contributed by atoms with Crippen LogP contribution >= 0.6 is 0 Å². The maximum atomic E-state index is 11.7. The average molecular weight is 257 g/mol. The fourth-order valence-corrected chi connectivity index (χ4v) is 2.33. The topological polar surface area (TPSA) is 98.2 Å². The number of hydrogen-bond acceptors (Lipinski definition) is 4. The van der Waals surface area contributed by atoms with Crippen LogP contribution in [-0.2, 0) is 21.7 Å². The monoisotopic (exact) mass is 257 g/mol. The SMILES string of the molecule is C=Cc1c(S(=N)(N)=O)cn(C)c1C(=O)OCC. The molecule has 94 valence electrons. The predicted molar refractivity (Wildman–Crippen MR) is 64.8 cm³/mol. The van der Waals surface area contributed by atoms with Gasteiger partial charge in [0.2, 0.25) is 0 Å². The molecule has 0 bridgehead atoms. The number of carbonyl (C=O) groups excluding carboxylic acids is 1. The van der Waals surface area contributed by atoms with Crippen LogP contribution in [0, 0.1) is 4.78 Å². The van der Waals surface area contributed by atoms with Crippen LogP contribution in [0.4, 0.5) is 0 Å². The molecule has 6 nitrogen and oxygen atoms in total. The van der Waals surface area contributed by atoms with E-state index in [1.54, 1.807) is 14.0 Å². The van der Waals surface area contributed by atoms with E-state index in [0.717, 1.165) is 0 Å². The molecule has 0 fully saturated rings. The van der Waals surface area contributed by atoms with Gasteiger partial charge < -0.3 is 9.30 Å². The maximum Gasteiger partial charge on any atom is 0.355 e. The van der Waals surface area contributed by atoms with E-state index in [0.29, 0.717) is 0 Å². The van der Waals surface area contributed by atoms with Crippen molar-refractivity contribution in [2.45, 2.75) is 11.8 Å². The summed E-state index contributed by atoms with van der Waals surface area (Å²) in [5, 5.41) is 5.27. The minimum Gasteiger partial charge on any atom is -0.461 e. The lowest BCUT2D eigenvalue weighted by Gasteiger charge is -2.04. The van der Waals surface area contributed by atoms with Gasteiger partial charge in [-0.15, -0.1) is 0 Å². The van der Waals surface area contributed by atoms with Gasteiger partial charge in [-0.1, -0.05) is 12.7 Å². The van der Waals surface area contributed by atoms with Crippen LogP contribution < -0.4 is 5.14 Å². The Balaban J connectivity index is 3.47. The Labute approximate surface area is 100 Å². The summed E-state index contributed by atoms with van der Waals surface area (Å²) in [4.78, 5) is 11.8. The standard InChI is InChI=1S/C10H15N3O3S/c1-4-7-8(17(11,12)15)6-13(3)9(7)10(14)16-5-2/h4,6H,1,5H2,2-3H3,(H3,11,12,15). The second-order valence-corrected chi connectivity index (χ2v) is 5.03. The molecule has 0 amide bonds. The molecule has 17 heavy (non-hydrogen) atoms. The van der Waals surface area contributed by atoms with Gasteiger partial charge in [0.1, 0.15) is 15.6 Å². The maximum absolute atomic E-state index is 11.7. The zero-order valence-electron chi connectivity index (χ0n) is 9.73. The highest BCUT2D eigenvalue weighted by atomic mass is 32.2. The molecule has 3 N–H and O–H groups in total. The number of nitrogens with two attached hydrogens (primary N) is 1. The third-order valence-electron chi connectivity index (χ3n) is 2.18. The number of aryl methyl sites for hydroxylation is 1. The summed E-state index contributed by atoms with van der Waals surface area (Å²) in [6.45, 7) is 5.45. The highest BCUT2D eigenvalue weighted by Crippen LogP contribution is 2.22. The van der Waals surface area contributed by atoms with Gasteiger partial charge in [-0.3, -0.25) is 0 Å². The molecule has 0 aromatic carbocycles. The van der Waals surface area contributed by atoms with Crippen LogP contribution in [0.15, 0.2) is 17.7 Å². The van der Waals surface area contributed by atoms with Crippen LogP contribution in [0.3, 0.4) is 0 Å². The molecule has 1 heterocycles. The first kappa shape index (κ1) is 13.5. The van der Waals surface area contributed by atoms with Gasteiger partial charge in [-0.2, -0.15) is 0 Å². The summed E-state index contributed by atoms with van der Waals surface area (Å²) in [6, 6.07) is 0. The minimum absolute atomic E-state index is 0.0815. The van der Waals surface area contributed by atoms with Crippen molar-refractivity contribution in [3.8, 4) is 0 Å².